The van der Waals surface area contributed by atoms with Crippen LogP contribution in [0.4, 0.5) is 10.2 Å². The molecule has 0 aliphatic rings. The van der Waals surface area contributed by atoms with Crippen molar-refractivity contribution in [2.24, 2.45) is 9.98 Å². The minimum atomic E-state index is -0.321. The highest BCUT2D eigenvalue weighted by molar-refractivity contribution is 6.31. The molecule has 26 heavy (non-hydrogen) atoms. The van der Waals surface area contributed by atoms with E-state index >= 15 is 0 Å². The number of hydrogen-bond donors (Lipinski definition) is 1. The highest BCUT2D eigenvalue weighted by Gasteiger charge is 2.09. The Kier molecular flexibility index (Phi) is 6.92. The predicted molar refractivity (Wildman–Crippen MR) is 109 cm³/mol. The van der Waals surface area contributed by atoms with E-state index in [1.165, 1.54) is 12.1 Å². The molecule has 2 aromatic rings. The molecule has 1 N–H and O–H groups in total. The molecule has 4 nitrogen and oxygen atoms in total. The Morgan fingerprint density at radius 2 is 2.15 bits per heavy atom. The lowest BCUT2D eigenvalue weighted by molar-refractivity contribution is 0.625. The zero-order valence-electron chi connectivity index (χ0n) is 15.1. The molecule has 0 spiro atoms. The van der Waals surface area contributed by atoms with Gasteiger partial charge in [-0.1, -0.05) is 24.3 Å². The van der Waals surface area contributed by atoms with Crippen molar-refractivity contribution < 1.29 is 4.39 Å². The Hall–Kier alpha value is -2.66. The molecule has 0 radical (unpaired) electrons. The average Bonchev–Trinajstić information content (AvgIpc) is 2.98. The van der Waals surface area contributed by atoms with E-state index in [9.17, 15) is 4.39 Å². The van der Waals surface area contributed by atoms with Gasteiger partial charge in [-0.15, -0.1) is 0 Å². The Labute approximate surface area is 158 Å². The van der Waals surface area contributed by atoms with Gasteiger partial charge in [-0.05, 0) is 55.3 Å². The molecule has 0 aliphatic carbocycles. The molecular weight excluding hydrogens is 351 g/mol. The Bertz CT molecular complexity index is 878. The van der Waals surface area contributed by atoms with Crippen LogP contribution in [-0.2, 0) is 6.54 Å². The number of aliphatic imine (C=N–C) groups is 2. The molecule has 0 bridgehead atoms. The van der Waals surface area contributed by atoms with Crippen molar-refractivity contribution in [2.45, 2.75) is 20.4 Å². The first-order chi connectivity index (χ1) is 12.5. The normalized spacial score (nSPS) is 12.7. The van der Waals surface area contributed by atoms with Gasteiger partial charge in [0.1, 0.15) is 5.82 Å². The lowest BCUT2D eigenvalue weighted by atomic mass is 10.1. The molecule has 0 amide bonds. The summed E-state index contributed by atoms with van der Waals surface area (Å²) < 4.78 is 15.2. The molecule has 0 saturated carbocycles. The second-order valence-corrected chi connectivity index (χ2v) is 6.00. The van der Waals surface area contributed by atoms with Gasteiger partial charge in [-0.25, -0.2) is 14.1 Å². The summed E-state index contributed by atoms with van der Waals surface area (Å²) in [6.07, 6.45) is 7.22. The zero-order valence-corrected chi connectivity index (χ0v) is 15.9. The van der Waals surface area contributed by atoms with Gasteiger partial charge in [0.25, 0.3) is 0 Å². The Balaban J connectivity index is 2.32. The van der Waals surface area contributed by atoms with Crippen LogP contribution in [0.3, 0.4) is 0 Å². The van der Waals surface area contributed by atoms with E-state index in [-0.39, 0.29) is 5.82 Å². The summed E-state index contributed by atoms with van der Waals surface area (Å²) in [5, 5.41) is 0.509. The van der Waals surface area contributed by atoms with Crippen LogP contribution in [0.1, 0.15) is 18.1 Å². The standard InChI is InChI=1S/C20H22ClFN4/c1-5-15(12-23-4)19(6-2)25-20-14(3)9-10-26(20)24-13-16-11-17(22)7-8-18(16)21/h5-12,24H,2,13H2,1,3-4H3/b15-5+,23-12?,25-19+. The van der Waals surface area contributed by atoms with E-state index in [1.54, 1.807) is 30.1 Å². The van der Waals surface area contributed by atoms with E-state index in [1.807, 2.05) is 32.2 Å². The topological polar surface area (TPSA) is 41.7 Å². The number of benzene rings is 1. The molecule has 136 valence electrons. The van der Waals surface area contributed by atoms with Crippen molar-refractivity contribution in [3.05, 3.63) is 76.7 Å². The number of aryl methyl sites for hydroxylation is 1. The van der Waals surface area contributed by atoms with Gasteiger partial charge in [-0.2, -0.15) is 0 Å². The summed E-state index contributed by atoms with van der Waals surface area (Å²) >= 11 is 6.13. The number of hydrogen-bond acceptors (Lipinski definition) is 3. The highest BCUT2D eigenvalue weighted by Crippen LogP contribution is 2.22. The maximum atomic E-state index is 13.4. The van der Waals surface area contributed by atoms with E-state index in [2.05, 4.69) is 17.0 Å². The van der Waals surface area contributed by atoms with Gasteiger partial charge in [0.2, 0.25) is 0 Å². The van der Waals surface area contributed by atoms with Gasteiger partial charge >= 0.3 is 0 Å². The van der Waals surface area contributed by atoms with Crippen molar-refractivity contribution >= 4 is 29.3 Å². The maximum Gasteiger partial charge on any atom is 0.154 e. The molecule has 2 rings (SSSR count). The second-order valence-electron chi connectivity index (χ2n) is 5.60. The molecule has 0 saturated heterocycles. The van der Waals surface area contributed by atoms with Gasteiger partial charge < -0.3 is 5.43 Å². The van der Waals surface area contributed by atoms with Crippen LogP contribution in [-0.4, -0.2) is 23.7 Å². The van der Waals surface area contributed by atoms with Crippen molar-refractivity contribution in [1.82, 2.24) is 4.68 Å². The highest BCUT2D eigenvalue weighted by atomic mass is 35.5. The molecule has 1 heterocycles. The summed E-state index contributed by atoms with van der Waals surface area (Å²) in [6, 6.07) is 6.25. The smallest absolute Gasteiger partial charge is 0.154 e. The van der Waals surface area contributed by atoms with E-state index in [4.69, 9.17) is 16.6 Å². The first-order valence-electron chi connectivity index (χ1n) is 8.15. The van der Waals surface area contributed by atoms with Gasteiger partial charge in [0.15, 0.2) is 5.82 Å². The fourth-order valence-corrected chi connectivity index (χ4v) is 2.59. The number of nitrogens with zero attached hydrogens (tertiary/aromatic N) is 3. The van der Waals surface area contributed by atoms with Crippen molar-refractivity contribution in [2.75, 3.05) is 12.5 Å². The monoisotopic (exact) mass is 372 g/mol. The third kappa shape index (κ3) is 4.70. The van der Waals surface area contributed by atoms with E-state index in [0.717, 1.165) is 17.0 Å². The lowest BCUT2D eigenvalue weighted by Crippen LogP contribution is -2.14. The Morgan fingerprint density at radius 3 is 2.81 bits per heavy atom. The summed E-state index contributed by atoms with van der Waals surface area (Å²) in [5.74, 6) is 0.412. The summed E-state index contributed by atoms with van der Waals surface area (Å²) in [7, 11) is 1.71. The average molecular weight is 373 g/mol. The molecule has 6 heteroatoms. The van der Waals surface area contributed by atoms with Crippen LogP contribution in [0.15, 0.2) is 64.8 Å². The predicted octanol–water partition coefficient (Wildman–Crippen LogP) is 5.24. The van der Waals surface area contributed by atoms with Crippen molar-refractivity contribution in [3.8, 4) is 0 Å². The number of aromatic nitrogens is 1. The first kappa shape index (κ1) is 19.7. The van der Waals surface area contributed by atoms with Crippen LogP contribution < -0.4 is 5.43 Å². The van der Waals surface area contributed by atoms with Crippen LogP contribution in [0.5, 0.6) is 0 Å². The van der Waals surface area contributed by atoms with Crippen molar-refractivity contribution in [3.63, 3.8) is 0 Å². The van der Waals surface area contributed by atoms with Crippen LogP contribution >= 0.6 is 11.6 Å². The number of nitrogens with one attached hydrogen (secondary N) is 1. The summed E-state index contributed by atoms with van der Waals surface area (Å²) in [4.78, 5) is 8.76. The van der Waals surface area contributed by atoms with Crippen LogP contribution in [0.25, 0.3) is 0 Å². The molecular formula is C20H22ClFN4. The zero-order chi connectivity index (χ0) is 19.1. The van der Waals surface area contributed by atoms with Crippen LogP contribution in [0, 0.1) is 12.7 Å². The van der Waals surface area contributed by atoms with Crippen molar-refractivity contribution in [1.29, 1.82) is 0 Å². The van der Waals surface area contributed by atoms with Gasteiger partial charge in [0, 0.05) is 30.1 Å². The molecule has 1 aromatic heterocycles. The lowest BCUT2D eigenvalue weighted by Gasteiger charge is -2.12. The third-order valence-electron chi connectivity index (χ3n) is 3.80. The second kappa shape index (κ2) is 9.15. The van der Waals surface area contributed by atoms with E-state index < -0.39 is 0 Å². The number of allylic oxidation sites excluding steroid dienone is 3. The number of rotatable bonds is 7. The number of halogens is 2. The summed E-state index contributed by atoms with van der Waals surface area (Å²) in [5.41, 5.74) is 6.46. The molecule has 0 unspecified atom stereocenters. The fraction of sp³-hybridized carbons (Fsp3) is 0.200. The quantitative estimate of drug-likeness (QED) is 0.663. The van der Waals surface area contributed by atoms with Crippen LogP contribution in [0.2, 0.25) is 5.02 Å². The molecule has 1 aromatic carbocycles. The molecule has 0 fully saturated rings. The fourth-order valence-electron chi connectivity index (χ4n) is 2.41. The SMILES string of the molecule is C=CC(=N\c1c(C)ccn1NCc1cc(F)ccc1Cl)/C(C=NC)=C/C. The van der Waals surface area contributed by atoms with E-state index in [0.29, 0.717) is 22.8 Å². The van der Waals surface area contributed by atoms with Gasteiger partial charge in [0.05, 0.1) is 12.3 Å². The minimum absolute atomic E-state index is 0.321. The Morgan fingerprint density at radius 1 is 1.38 bits per heavy atom. The minimum Gasteiger partial charge on any atom is -0.320 e. The maximum absolute atomic E-state index is 13.4. The molecule has 0 atom stereocenters. The molecule has 0 aliphatic heterocycles. The third-order valence-corrected chi connectivity index (χ3v) is 4.17. The van der Waals surface area contributed by atoms with Gasteiger partial charge in [-0.3, -0.25) is 4.99 Å². The first-order valence-corrected chi connectivity index (χ1v) is 8.53. The largest absolute Gasteiger partial charge is 0.320 e. The summed E-state index contributed by atoms with van der Waals surface area (Å²) in [6.45, 7) is 8.10.